The summed E-state index contributed by atoms with van der Waals surface area (Å²) in [4.78, 5) is 41.6. The lowest BCUT2D eigenvalue weighted by Gasteiger charge is -2.16. The average molecular weight is 402 g/mol. The van der Waals surface area contributed by atoms with Gasteiger partial charge >= 0.3 is 5.97 Å². The fraction of sp³-hybridized carbons (Fsp3) is 0.250. The maximum atomic E-state index is 13.0. The number of esters is 1. The molecular formula is C24H22N2O4. The Morgan fingerprint density at radius 3 is 2.50 bits per heavy atom. The van der Waals surface area contributed by atoms with Gasteiger partial charge < -0.3 is 10.1 Å². The number of hydrogen-bond acceptors (Lipinski definition) is 5. The lowest BCUT2D eigenvalue weighted by Crippen LogP contribution is -2.30. The first-order valence-corrected chi connectivity index (χ1v) is 9.97. The van der Waals surface area contributed by atoms with Crippen molar-refractivity contribution in [1.82, 2.24) is 4.98 Å². The van der Waals surface area contributed by atoms with Gasteiger partial charge in [-0.3, -0.25) is 14.6 Å². The monoisotopic (exact) mass is 402 g/mol. The standard InChI is InChI=1S/C24H22N2O4/c1-14(27)16-10-12-17(13-11-16)25-23(28)15(2)30-24(29)22-18-6-3-4-8-20(18)26-21-9-5-7-19(21)22/h3-4,6,8,10-13,15H,5,7,9H2,1-2H3,(H,25,28)/t15-/m0/s1. The second-order valence-corrected chi connectivity index (χ2v) is 7.45. The summed E-state index contributed by atoms with van der Waals surface area (Å²) in [6.45, 7) is 3.02. The zero-order valence-corrected chi connectivity index (χ0v) is 16.9. The second kappa shape index (κ2) is 8.06. The SMILES string of the molecule is CC(=O)c1ccc(NC(=O)[C@H](C)OC(=O)c2c3c(nc4ccccc24)CCC3)cc1. The van der Waals surface area contributed by atoms with Gasteiger partial charge in [0, 0.05) is 22.3 Å². The molecule has 0 spiro atoms. The molecule has 0 saturated heterocycles. The Bertz CT molecular complexity index is 1150. The number of carbonyl (C=O) groups is 3. The molecule has 152 valence electrons. The summed E-state index contributed by atoms with van der Waals surface area (Å²) in [5, 5.41) is 3.46. The number of Topliss-reactive ketones (excluding diaryl/α,β-unsaturated/α-hetero) is 1. The minimum absolute atomic E-state index is 0.0488. The minimum atomic E-state index is -0.978. The van der Waals surface area contributed by atoms with Gasteiger partial charge in [0.15, 0.2) is 11.9 Å². The molecule has 1 aliphatic carbocycles. The molecule has 2 aromatic carbocycles. The van der Waals surface area contributed by atoms with E-state index in [1.807, 2.05) is 24.3 Å². The number of ketones is 1. The maximum absolute atomic E-state index is 13.0. The van der Waals surface area contributed by atoms with Crippen molar-refractivity contribution in [3.05, 3.63) is 70.9 Å². The molecule has 1 heterocycles. The molecule has 0 radical (unpaired) electrons. The number of anilines is 1. The number of hydrogen-bond donors (Lipinski definition) is 1. The summed E-state index contributed by atoms with van der Waals surface area (Å²) in [6, 6.07) is 14.1. The lowest BCUT2D eigenvalue weighted by atomic mass is 10.0. The van der Waals surface area contributed by atoms with Gasteiger partial charge in [0.2, 0.25) is 0 Å². The lowest BCUT2D eigenvalue weighted by molar-refractivity contribution is -0.123. The van der Waals surface area contributed by atoms with Crippen molar-refractivity contribution < 1.29 is 19.1 Å². The van der Waals surface area contributed by atoms with Gasteiger partial charge in [-0.2, -0.15) is 0 Å². The Morgan fingerprint density at radius 2 is 1.77 bits per heavy atom. The predicted octanol–water partition coefficient (Wildman–Crippen LogP) is 4.11. The smallest absolute Gasteiger partial charge is 0.339 e. The summed E-state index contributed by atoms with van der Waals surface area (Å²) >= 11 is 0. The number of pyridine rings is 1. The van der Waals surface area contributed by atoms with E-state index >= 15 is 0 Å². The van der Waals surface area contributed by atoms with E-state index in [2.05, 4.69) is 10.3 Å². The molecule has 1 aliphatic rings. The van der Waals surface area contributed by atoms with E-state index in [1.165, 1.54) is 6.92 Å². The Balaban J connectivity index is 1.52. The number of carbonyl (C=O) groups excluding carboxylic acids is 3. The molecule has 0 fully saturated rings. The number of fused-ring (bicyclic) bond motifs is 2. The molecule has 3 aromatic rings. The van der Waals surface area contributed by atoms with E-state index in [-0.39, 0.29) is 5.78 Å². The van der Waals surface area contributed by atoms with Crippen LogP contribution in [0.15, 0.2) is 48.5 Å². The summed E-state index contributed by atoms with van der Waals surface area (Å²) in [5.74, 6) is -0.998. The second-order valence-electron chi connectivity index (χ2n) is 7.45. The number of amides is 1. The number of nitrogens with zero attached hydrogens (tertiary/aromatic N) is 1. The molecule has 6 nitrogen and oxygen atoms in total. The van der Waals surface area contributed by atoms with Gasteiger partial charge in [-0.25, -0.2) is 4.79 Å². The molecule has 0 unspecified atom stereocenters. The van der Waals surface area contributed by atoms with Gasteiger partial charge in [-0.1, -0.05) is 18.2 Å². The van der Waals surface area contributed by atoms with Crippen molar-refractivity contribution in [2.24, 2.45) is 0 Å². The highest BCUT2D eigenvalue weighted by molar-refractivity contribution is 6.06. The van der Waals surface area contributed by atoms with Crippen LogP contribution in [-0.4, -0.2) is 28.7 Å². The molecule has 1 atom stereocenters. The topological polar surface area (TPSA) is 85.4 Å². The van der Waals surface area contributed by atoms with Crippen molar-refractivity contribution in [3.63, 3.8) is 0 Å². The summed E-state index contributed by atoms with van der Waals surface area (Å²) in [6.07, 6.45) is 1.59. The number of rotatable bonds is 5. The molecule has 1 aromatic heterocycles. The van der Waals surface area contributed by atoms with Gasteiger partial charge in [0.1, 0.15) is 0 Å². The van der Waals surface area contributed by atoms with Crippen molar-refractivity contribution in [1.29, 1.82) is 0 Å². The molecule has 6 heteroatoms. The molecule has 30 heavy (non-hydrogen) atoms. The van der Waals surface area contributed by atoms with E-state index in [0.29, 0.717) is 16.8 Å². The van der Waals surface area contributed by atoms with Gasteiger partial charge in [0.25, 0.3) is 5.91 Å². The zero-order valence-electron chi connectivity index (χ0n) is 16.9. The van der Waals surface area contributed by atoms with Crippen molar-refractivity contribution >= 4 is 34.3 Å². The number of aryl methyl sites for hydroxylation is 1. The van der Waals surface area contributed by atoms with Crippen molar-refractivity contribution in [2.45, 2.75) is 39.2 Å². The molecule has 0 saturated carbocycles. The predicted molar refractivity (Wildman–Crippen MR) is 114 cm³/mol. The fourth-order valence-corrected chi connectivity index (χ4v) is 3.75. The zero-order chi connectivity index (χ0) is 21.3. The van der Waals surface area contributed by atoms with Crippen LogP contribution in [0.25, 0.3) is 10.9 Å². The van der Waals surface area contributed by atoms with E-state index in [0.717, 1.165) is 41.4 Å². The molecule has 0 bridgehead atoms. The first kappa shape index (κ1) is 19.8. The average Bonchev–Trinajstić information content (AvgIpc) is 3.20. The number of para-hydroxylation sites is 1. The summed E-state index contributed by atoms with van der Waals surface area (Å²) in [5.41, 5.74) is 4.22. The van der Waals surface area contributed by atoms with Crippen LogP contribution >= 0.6 is 0 Å². The molecular weight excluding hydrogens is 380 g/mol. The van der Waals surface area contributed by atoms with Crippen LogP contribution in [0.2, 0.25) is 0 Å². The van der Waals surface area contributed by atoms with Crippen LogP contribution in [0.3, 0.4) is 0 Å². The van der Waals surface area contributed by atoms with E-state index in [1.54, 1.807) is 31.2 Å². The number of aromatic nitrogens is 1. The Morgan fingerprint density at radius 1 is 1.03 bits per heavy atom. The maximum Gasteiger partial charge on any atom is 0.339 e. The van der Waals surface area contributed by atoms with Crippen LogP contribution < -0.4 is 5.32 Å². The minimum Gasteiger partial charge on any atom is -0.449 e. The van der Waals surface area contributed by atoms with Crippen molar-refractivity contribution in [3.8, 4) is 0 Å². The van der Waals surface area contributed by atoms with Crippen LogP contribution in [0.5, 0.6) is 0 Å². The highest BCUT2D eigenvalue weighted by Crippen LogP contribution is 2.30. The summed E-state index contributed by atoms with van der Waals surface area (Å²) in [7, 11) is 0. The first-order valence-electron chi connectivity index (χ1n) is 9.97. The highest BCUT2D eigenvalue weighted by atomic mass is 16.5. The van der Waals surface area contributed by atoms with Crippen LogP contribution in [0.4, 0.5) is 5.69 Å². The van der Waals surface area contributed by atoms with E-state index in [9.17, 15) is 14.4 Å². The van der Waals surface area contributed by atoms with Gasteiger partial charge in [0.05, 0.1) is 11.1 Å². The Labute approximate surface area is 174 Å². The van der Waals surface area contributed by atoms with Crippen LogP contribution in [0, 0.1) is 0 Å². The Hall–Kier alpha value is -3.54. The summed E-state index contributed by atoms with van der Waals surface area (Å²) < 4.78 is 5.53. The first-order chi connectivity index (χ1) is 14.4. The Kier molecular flexibility index (Phi) is 5.31. The third kappa shape index (κ3) is 3.81. The molecule has 4 rings (SSSR count). The number of nitrogens with one attached hydrogen (secondary N) is 1. The highest BCUT2D eigenvalue weighted by Gasteiger charge is 2.27. The van der Waals surface area contributed by atoms with Crippen molar-refractivity contribution in [2.75, 3.05) is 5.32 Å². The largest absolute Gasteiger partial charge is 0.449 e. The molecule has 0 aliphatic heterocycles. The molecule has 1 N–H and O–H groups in total. The quantitative estimate of drug-likeness (QED) is 0.513. The number of benzene rings is 2. The van der Waals surface area contributed by atoms with Crippen LogP contribution in [0.1, 0.15) is 52.2 Å². The fourth-order valence-electron chi connectivity index (χ4n) is 3.75. The number of ether oxygens (including phenoxy) is 1. The van der Waals surface area contributed by atoms with Crippen LogP contribution in [-0.2, 0) is 22.4 Å². The van der Waals surface area contributed by atoms with Gasteiger partial charge in [-0.15, -0.1) is 0 Å². The third-order valence-corrected chi connectivity index (χ3v) is 5.34. The van der Waals surface area contributed by atoms with E-state index < -0.39 is 18.0 Å². The van der Waals surface area contributed by atoms with Gasteiger partial charge in [-0.05, 0) is 69.0 Å². The molecule has 1 amide bonds. The third-order valence-electron chi connectivity index (χ3n) is 5.34. The normalized spacial score (nSPS) is 13.5. The van der Waals surface area contributed by atoms with E-state index in [4.69, 9.17) is 4.74 Å².